The van der Waals surface area contributed by atoms with E-state index in [9.17, 15) is 0 Å². The van der Waals surface area contributed by atoms with Gasteiger partial charge in [-0.3, -0.25) is 0 Å². The molecule has 0 aromatic heterocycles. The molecule has 1 aromatic carbocycles. The van der Waals surface area contributed by atoms with Crippen molar-refractivity contribution in [3.05, 3.63) is 29.3 Å². The van der Waals surface area contributed by atoms with Crippen LogP contribution in [0, 0.1) is 0 Å². The highest BCUT2D eigenvalue weighted by atomic mass is 35.5. The highest BCUT2D eigenvalue weighted by Gasteiger charge is 2.31. The largest absolute Gasteiger partial charge is 0.347 e. The van der Waals surface area contributed by atoms with Crippen molar-refractivity contribution in [2.75, 3.05) is 12.3 Å². The van der Waals surface area contributed by atoms with E-state index in [1.54, 1.807) is 0 Å². The second-order valence-electron chi connectivity index (χ2n) is 4.50. The Kier molecular flexibility index (Phi) is 3.30. The second-order valence-corrected chi connectivity index (χ2v) is 5.89. The molecule has 3 rings (SSSR count). The summed E-state index contributed by atoms with van der Waals surface area (Å²) in [7, 11) is 0. The lowest BCUT2D eigenvalue weighted by Crippen LogP contribution is -2.37. The van der Waals surface area contributed by atoms with Gasteiger partial charge in [-0.05, 0) is 31.4 Å². The molecule has 1 atom stereocenters. The molecule has 17 heavy (non-hydrogen) atoms. The second kappa shape index (κ2) is 4.91. The van der Waals surface area contributed by atoms with Gasteiger partial charge in [-0.25, -0.2) is 4.99 Å². The Labute approximate surface area is 111 Å². The number of hydrogen-bond acceptors (Lipinski definition) is 2. The molecule has 2 aliphatic rings. The molecular weight excluding hydrogens is 252 g/mol. The van der Waals surface area contributed by atoms with E-state index in [2.05, 4.69) is 4.90 Å². The summed E-state index contributed by atoms with van der Waals surface area (Å²) in [6.07, 6.45) is 3.97. The van der Waals surface area contributed by atoms with E-state index in [0.717, 1.165) is 22.4 Å². The molecule has 0 spiro atoms. The molecule has 2 nitrogen and oxygen atoms in total. The van der Waals surface area contributed by atoms with Gasteiger partial charge in [-0.15, -0.1) is 0 Å². The monoisotopic (exact) mass is 266 g/mol. The summed E-state index contributed by atoms with van der Waals surface area (Å²) in [6, 6.07) is 8.51. The van der Waals surface area contributed by atoms with Crippen LogP contribution in [0.15, 0.2) is 29.3 Å². The number of fused-ring (bicyclic) bond motifs is 1. The zero-order valence-electron chi connectivity index (χ0n) is 9.60. The van der Waals surface area contributed by atoms with Gasteiger partial charge in [0.25, 0.3) is 0 Å². The summed E-state index contributed by atoms with van der Waals surface area (Å²) >= 11 is 8.01. The number of amidine groups is 1. The number of benzene rings is 1. The van der Waals surface area contributed by atoms with Crippen LogP contribution in [-0.4, -0.2) is 28.4 Å². The summed E-state index contributed by atoms with van der Waals surface area (Å²) in [4.78, 5) is 7.17. The topological polar surface area (TPSA) is 15.6 Å². The van der Waals surface area contributed by atoms with Gasteiger partial charge < -0.3 is 4.90 Å². The van der Waals surface area contributed by atoms with Crippen molar-refractivity contribution in [1.29, 1.82) is 0 Å². The molecule has 2 fully saturated rings. The average molecular weight is 267 g/mol. The fourth-order valence-corrected chi connectivity index (χ4v) is 3.86. The number of para-hydroxylation sites is 1. The molecule has 0 bridgehead atoms. The van der Waals surface area contributed by atoms with Crippen LogP contribution < -0.4 is 0 Å². The first-order valence-corrected chi connectivity index (χ1v) is 7.43. The van der Waals surface area contributed by atoms with Gasteiger partial charge in [0.15, 0.2) is 5.17 Å². The number of piperidine rings is 1. The molecule has 0 radical (unpaired) electrons. The molecule has 0 N–H and O–H groups in total. The SMILES string of the molecule is Clc1ccccc1/N=C1\SCC2CCCCN12. The maximum atomic E-state index is 6.14. The first-order chi connectivity index (χ1) is 8.34. The normalized spacial score (nSPS) is 26.3. The Hall–Kier alpha value is -0.670. The highest BCUT2D eigenvalue weighted by molar-refractivity contribution is 8.14. The Bertz CT molecular complexity index is 447. The number of nitrogens with zero attached hydrogens (tertiary/aromatic N) is 2. The van der Waals surface area contributed by atoms with Crippen molar-refractivity contribution in [3.63, 3.8) is 0 Å². The lowest BCUT2D eigenvalue weighted by atomic mass is 10.1. The Morgan fingerprint density at radius 3 is 3.06 bits per heavy atom. The van der Waals surface area contributed by atoms with Crippen LogP contribution in [0.1, 0.15) is 19.3 Å². The molecule has 0 amide bonds. The van der Waals surface area contributed by atoms with E-state index >= 15 is 0 Å². The number of aliphatic imine (C=N–C) groups is 1. The van der Waals surface area contributed by atoms with Gasteiger partial charge >= 0.3 is 0 Å². The smallest absolute Gasteiger partial charge is 0.164 e. The van der Waals surface area contributed by atoms with Crippen molar-refractivity contribution in [2.45, 2.75) is 25.3 Å². The minimum absolute atomic E-state index is 0.704. The number of hydrogen-bond donors (Lipinski definition) is 0. The predicted molar refractivity (Wildman–Crippen MR) is 75.4 cm³/mol. The minimum atomic E-state index is 0.704. The van der Waals surface area contributed by atoms with Gasteiger partial charge in [0.2, 0.25) is 0 Å². The standard InChI is InChI=1S/C13H15ClN2S/c14-11-6-1-2-7-12(11)15-13-16-8-4-3-5-10(16)9-17-13/h1-2,6-7,10H,3-5,8-9H2/b15-13-. The van der Waals surface area contributed by atoms with Crippen molar-refractivity contribution < 1.29 is 0 Å². The van der Waals surface area contributed by atoms with E-state index < -0.39 is 0 Å². The first-order valence-electron chi connectivity index (χ1n) is 6.07. The fraction of sp³-hybridized carbons (Fsp3) is 0.462. The van der Waals surface area contributed by atoms with Crippen molar-refractivity contribution in [1.82, 2.24) is 4.90 Å². The average Bonchev–Trinajstić information content (AvgIpc) is 2.76. The lowest BCUT2D eigenvalue weighted by molar-refractivity contribution is 0.275. The van der Waals surface area contributed by atoms with Crippen molar-refractivity contribution in [2.24, 2.45) is 4.99 Å². The number of rotatable bonds is 1. The van der Waals surface area contributed by atoms with E-state index in [-0.39, 0.29) is 0 Å². The van der Waals surface area contributed by atoms with Crippen LogP contribution >= 0.6 is 23.4 Å². The van der Waals surface area contributed by atoms with E-state index in [4.69, 9.17) is 16.6 Å². The van der Waals surface area contributed by atoms with Gasteiger partial charge in [-0.1, -0.05) is 35.5 Å². The predicted octanol–water partition coefficient (Wildman–Crippen LogP) is 3.93. The lowest BCUT2D eigenvalue weighted by Gasteiger charge is -2.30. The molecule has 90 valence electrons. The quantitative estimate of drug-likeness (QED) is 0.765. The van der Waals surface area contributed by atoms with E-state index in [1.807, 2.05) is 36.0 Å². The molecule has 0 saturated carbocycles. The molecule has 0 aliphatic carbocycles. The van der Waals surface area contributed by atoms with Crippen LogP contribution in [0.4, 0.5) is 5.69 Å². The number of thioether (sulfide) groups is 1. The maximum Gasteiger partial charge on any atom is 0.164 e. The maximum absolute atomic E-state index is 6.14. The fourth-order valence-electron chi connectivity index (χ4n) is 2.42. The number of halogens is 1. The minimum Gasteiger partial charge on any atom is -0.347 e. The third-order valence-electron chi connectivity index (χ3n) is 3.35. The highest BCUT2D eigenvalue weighted by Crippen LogP contribution is 2.34. The third-order valence-corrected chi connectivity index (χ3v) is 4.80. The van der Waals surface area contributed by atoms with Crippen LogP contribution in [0.3, 0.4) is 0 Å². The summed E-state index contributed by atoms with van der Waals surface area (Å²) in [5.74, 6) is 1.18. The summed E-state index contributed by atoms with van der Waals surface area (Å²) in [6.45, 7) is 1.15. The zero-order valence-corrected chi connectivity index (χ0v) is 11.2. The molecule has 2 aliphatic heterocycles. The van der Waals surface area contributed by atoms with Gasteiger partial charge in [-0.2, -0.15) is 0 Å². The van der Waals surface area contributed by atoms with E-state index in [0.29, 0.717) is 6.04 Å². The zero-order chi connectivity index (χ0) is 11.7. The summed E-state index contributed by atoms with van der Waals surface area (Å²) < 4.78 is 0. The van der Waals surface area contributed by atoms with Gasteiger partial charge in [0, 0.05) is 18.3 Å². The van der Waals surface area contributed by atoms with E-state index in [1.165, 1.54) is 25.0 Å². The first kappa shape index (κ1) is 11.4. The Morgan fingerprint density at radius 1 is 1.29 bits per heavy atom. The molecule has 4 heteroatoms. The van der Waals surface area contributed by atoms with Crippen LogP contribution in [0.25, 0.3) is 0 Å². The Morgan fingerprint density at radius 2 is 2.18 bits per heavy atom. The van der Waals surface area contributed by atoms with Crippen LogP contribution in [0.5, 0.6) is 0 Å². The van der Waals surface area contributed by atoms with Crippen molar-refractivity contribution >= 4 is 34.2 Å². The summed E-state index contributed by atoms with van der Waals surface area (Å²) in [5, 5.41) is 1.89. The molecule has 1 unspecified atom stereocenters. The Balaban J connectivity index is 1.87. The summed E-state index contributed by atoms with van der Waals surface area (Å²) in [5.41, 5.74) is 0.892. The molecular formula is C13H15ClN2S. The third kappa shape index (κ3) is 2.31. The van der Waals surface area contributed by atoms with Gasteiger partial charge in [0.1, 0.15) is 0 Å². The van der Waals surface area contributed by atoms with Gasteiger partial charge in [0.05, 0.1) is 10.7 Å². The van der Waals surface area contributed by atoms with Crippen LogP contribution in [-0.2, 0) is 0 Å². The van der Waals surface area contributed by atoms with Crippen molar-refractivity contribution in [3.8, 4) is 0 Å². The molecule has 2 saturated heterocycles. The molecule has 2 heterocycles. The molecule has 1 aromatic rings. The van der Waals surface area contributed by atoms with Crippen LogP contribution in [0.2, 0.25) is 5.02 Å².